The van der Waals surface area contributed by atoms with Crippen LogP contribution >= 0.6 is 0 Å². The summed E-state index contributed by atoms with van der Waals surface area (Å²) in [5.74, 6) is 0. The fourth-order valence-electron chi connectivity index (χ4n) is 1.20. The Balaban J connectivity index is 2.04. The number of hydrogen-bond donors (Lipinski definition) is 1. The molecule has 1 N–H and O–H groups in total. The summed E-state index contributed by atoms with van der Waals surface area (Å²) in [6.07, 6.45) is 7.07. The van der Waals surface area contributed by atoms with Crippen LogP contribution in [-0.4, -0.2) is 18.8 Å². The van der Waals surface area contributed by atoms with E-state index in [4.69, 9.17) is 4.74 Å². The zero-order chi connectivity index (χ0) is 6.97. The maximum Gasteiger partial charge on any atom is 0.110 e. The zero-order valence-corrected chi connectivity index (χ0v) is 6.00. The van der Waals surface area contributed by atoms with Crippen molar-refractivity contribution < 1.29 is 4.74 Å². The molecule has 2 aliphatic rings. The first-order valence-electron chi connectivity index (χ1n) is 3.63. The predicted octanol–water partition coefficient (Wildman–Crippen LogP) is 0.817. The van der Waals surface area contributed by atoms with Gasteiger partial charge in [-0.15, -0.1) is 0 Å². The summed E-state index contributed by atoms with van der Waals surface area (Å²) in [4.78, 5) is 0. The first-order chi connectivity index (χ1) is 4.88. The molecule has 0 amide bonds. The molecule has 0 spiro atoms. The second kappa shape index (κ2) is 2.13. The molecule has 2 nitrogen and oxygen atoms in total. The van der Waals surface area contributed by atoms with Gasteiger partial charge in [-0.05, 0) is 12.5 Å². The van der Waals surface area contributed by atoms with Gasteiger partial charge in [-0.3, -0.25) is 0 Å². The molecule has 54 valence electrons. The van der Waals surface area contributed by atoms with Crippen molar-refractivity contribution in [2.75, 3.05) is 6.54 Å². The molecule has 1 saturated heterocycles. The Bertz CT molecular complexity index is 195. The van der Waals surface area contributed by atoms with Crippen molar-refractivity contribution in [3.8, 4) is 0 Å². The lowest BCUT2D eigenvalue weighted by atomic mass is 10.1. The number of ether oxygens (including phenoxy) is 1. The van der Waals surface area contributed by atoms with Crippen molar-refractivity contribution in [1.82, 2.24) is 5.32 Å². The highest BCUT2D eigenvalue weighted by Gasteiger charge is 2.36. The molecule has 0 aromatic carbocycles. The molecule has 2 atom stereocenters. The Hall–Kier alpha value is -0.760. The number of dihydropyridines is 1. The van der Waals surface area contributed by atoms with E-state index in [9.17, 15) is 0 Å². The molecule has 2 heterocycles. The summed E-state index contributed by atoms with van der Waals surface area (Å²) in [6.45, 7) is 3.04. The highest BCUT2D eigenvalue weighted by molar-refractivity contribution is 5.30. The van der Waals surface area contributed by atoms with Crippen LogP contribution in [0, 0.1) is 0 Å². The van der Waals surface area contributed by atoms with E-state index >= 15 is 0 Å². The fourth-order valence-corrected chi connectivity index (χ4v) is 1.20. The van der Waals surface area contributed by atoms with E-state index < -0.39 is 0 Å². The Morgan fingerprint density at radius 1 is 1.70 bits per heavy atom. The summed E-state index contributed by atoms with van der Waals surface area (Å²) < 4.78 is 5.30. The number of rotatable bonds is 1. The third-order valence-electron chi connectivity index (χ3n) is 1.85. The topological polar surface area (TPSA) is 24.6 Å². The minimum absolute atomic E-state index is 0.365. The first-order valence-corrected chi connectivity index (χ1v) is 3.63. The molecule has 0 saturated carbocycles. The predicted molar refractivity (Wildman–Crippen MR) is 39.6 cm³/mol. The van der Waals surface area contributed by atoms with E-state index in [2.05, 4.69) is 24.4 Å². The van der Waals surface area contributed by atoms with Gasteiger partial charge in [0, 0.05) is 12.7 Å². The van der Waals surface area contributed by atoms with Crippen molar-refractivity contribution in [1.29, 1.82) is 0 Å². The van der Waals surface area contributed by atoms with Gasteiger partial charge in [-0.2, -0.15) is 0 Å². The fraction of sp³-hybridized carbons (Fsp3) is 0.500. The largest absolute Gasteiger partial charge is 0.387 e. The molecule has 0 radical (unpaired) electrons. The summed E-state index contributed by atoms with van der Waals surface area (Å²) in [6, 6.07) is 0. The molecule has 2 unspecified atom stereocenters. The summed E-state index contributed by atoms with van der Waals surface area (Å²) >= 11 is 0. The van der Waals surface area contributed by atoms with Crippen molar-refractivity contribution in [3.63, 3.8) is 0 Å². The van der Waals surface area contributed by atoms with Crippen molar-refractivity contribution in [2.24, 2.45) is 0 Å². The smallest absolute Gasteiger partial charge is 0.110 e. The Morgan fingerprint density at radius 3 is 3.00 bits per heavy atom. The Kier molecular flexibility index (Phi) is 1.27. The van der Waals surface area contributed by atoms with Gasteiger partial charge in [0.05, 0.1) is 6.10 Å². The van der Waals surface area contributed by atoms with Gasteiger partial charge in [0.1, 0.15) is 6.10 Å². The molecule has 0 aromatic rings. The van der Waals surface area contributed by atoms with Gasteiger partial charge in [-0.1, -0.05) is 12.2 Å². The molecule has 0 bridgehead atoms. The first kappa shape index (κ1) is 5.98. The number of hydrogen-bond acceptors (Lipinski definition) is 2. The molecular formula is C8H11NO. The molecule has 10 heavy (non-hydrogen) atoms. The summed E-state index contributed by atoms with van der Waals surface area (Å²) in [7, 11) is 0. The van der Waals surface area contributed by atoms with Gasteiger partial charge < -0.3 is 10.1 Å². The monoisotopic (exact) mass is 137 g/mol. The van der Waals surface area contributed by atoms with Crippen molar-refractivity contribution in [2.45, 2.75) is 19.1 Å². The number of epoxide rings is 1. The van der Waals surface area contributed by atoms with Crippen LogP contribution in [0.5, 0.6) is 0 Å². The average Bonchev–Trinajstić information content (AvgIpc) is 2.69. The van der Waals surface area contributed by atoms with E-state index in [0.717, 1.165) is 6.54 Å². The second-order valence-electron chi connectivity index (χ2n) is 2.72. The van der Waals surface area contributed by atoms with E-state index in [1.165, 1.54) is 5.57 Å². The lowest BCUT2D eigenvalue weighted by Crippen LogP contribution is -2.11. The summed E-state index contributed by atoms with van der Waals surface area (Å²) in [5, 5.41) is 3.15. The van der Waals surface area contributed by atoms with E-state index in [0.29, 0.717) is 12.2 Å². The Morgan fingerprint density at radius 2 is 2.50 bits per heavy atom. The molecule has 1 fully saturated rings. The quantitative estimate of drug-likeness (QED) is 0.541. The van der Waals surface area contributed by atoms with Crippen LogP contribution < -0.4 is 5.32 Å². The van der Waals surface area contributed by atoms with Crippen LogP contribution in [0.3, 0.4) is 0 Å². The Labute approximate surface area is 60.6 Å². The minimum atomic E-state index is 0.365. The van der Waals surface area contributed by atoms with Gasteiger partial charge >= 0.3 is 0 Å². The lowest BCUT2D eigenvalue weighted by Gasteiger charge is -2.04. The maximum atomic E-state index is 5.30. The van der Waals surface area contributed by atoms with Crippen LogP contribution in [0.2, 0.25) is 0 Å². The van der Waals surface area contributed by atoms with E-state index in [1.54, 1.807) is 0 Å². The van der Waals surface area contributed by atoms with Crippen LogP contribution in [0.1, 0.15) is 6.92 Å². The second-order valence-corrected chi connectivity index (χ2v) is 2.72. The van der Waals surface area contributed by atoms with Crippen LogP contribution in [0.4, 0.5) is 0 Å². The molecule has 2 aliphatic heterocycles. The molecule has 0 aliphatic carbocycles. The van der Waals surface area contributed by atoms with E-state index in [1.807, 2.05) is 6.20 Å². The standard InChI is InChI=1S/C8H11NO/c1-6-8(10-6)7-3-2-4-9-5-7/h2-3,5-6,8-9H,4H2,1H3. The van der Waals surface area contributed by atoms with Gasteiger partial charge in [0.25, 0.3) is 0 Å². The maximum absolute atomic E-state index is 5.30. The van der Waals surface area contributed by atoms with Crippen molar-refractivity contribution >= 4 is 0 Å². The molecule has 2 heteroatoms. The third-order valence-corrected chi connectivity index (χ3v) is 1.85. The lowest BCUT2D eigenvalue weighted by molar-refractivity contribution is 0.396. The number of nitrogens with one attached hydrogen (secondary N) is 1. The third kappa shape index (κ3) is 0.948. The van der Waals surface area contributed by atoms with Gasteiger partial charge in [0.15, 0.2) is 0 Å². The van der Waals surface area contributed by atoms with Gasteiger partial charge in [0.2, 0.25) is 0 Å². The average molecular weight is 137 g/mol. The van der Waals surface area contributed by atoms with Crippen molar-refractivity contribution in [3.05, 3.63) is 23.9 Å². The molecule has 2 rings (SSSR count). The molecule has 0 aromatic heterocycles. The minimum Gasteiger partial charge on any atom is -0.387 e. The summed E-state index contributed by atoms with van der Waals surface area (Å²) in [5.41, 5.74) is 1.28. The highest BCUT2D eigenvalue weighted by atomic mass is 16.6. The SMILES string of the molecule is CC1OC1C1=CNCC=C1. The van der Waals surface area contributed by atoms with E-state index in [-0.39, 0.29) is 0 Å². The van der Waals surface area contributed by atoms with Crippen LogP contribution in [-0.2, 0) is 4.74 Å². The normalized spacial score (nSPS) is 36.7. The molecular weight excluding hydrogens is 126 g/mol. The zero-order valence-electron chi connectivity index (χ0n) is 6.00. The van der Waals surface area contributed by atoms with Gasteiger partial charge in [-0.25, -0.2) is 0 Å². The van der Waals surface area contributed by atoms with Crippen LogP contribution in [0.25, 0.3) is 0 Å². The van der Waals surface area contributed by atoms with Crippen LogP contribution in [0.15, 0.2) is 23.9 Å². The highest BCUT2D eigenvalue weighted by Crippen LogP contribution is 2.29.